The van der Waals surface area contributed by atoms with E-state index >= 15 is 0 Å². The third kappa shape index (κ3) is 9.02. The van der Waals surface area contributed by atoms with Crippen LogP contribution in [0.15, 0.2) is 42.2 Å². The van der Waals surface area contributed by atoms with E-state index in [2.05, 4.69) is 20.6 Å². The fourth-order valence-electron chi connectivity index (χ4n) is 8.14. The lowest BCUT2D eigenvalue weighted by Gasteiger charge is -2.43. The molecule has 54 heavy (non-hydrogen) atoms. The summed E-state index contributed by atoms with van der Waals surface area (Å²) in [7, 11) is 3.80. The monoisotopic (exact) mass is 753 g/mol. The van der Waals surface area contributed by atoms with Crippen LogP contribution in [0, 0.1) is 11.8 Å². The van der Waals surface area contributed by atoms with Crippen molar-refractivity contribution in [3.05, 3.63) is 42.2 Å². The zero-order chi connectivity index (χ0) is 39.3. The van der Waals surface area contributed by atoms with Gasteiger partial charge in [0.25, 0.3) is 0 Å². The molecule has 15 nitrogen and oxygen atoms in total. The van der Waals surface area contributed by atoms with E-state index in [-0.39, 0.29) is 24.0 Å². The smallest absolute Gasteiger partial charge is 0.410 e. The minimum Gasteiger partial charge on any atom is -0.458 e. The van der Waals surface area contributed by atoms with Gasteiger partial charge in [0.15, 0.2) is 17.7 Å². The first-order valence-corrected chi connectivity index (χ1v) is 19.3. The van der Waals surface area contributed by atoms with Gasteiger partial charge in [0.05, 0.1) is 30.1 Å². The van der Waals surface area contributed by atoms with Crippen molar-refractivity contribution >= 4 is 17.8 Å². The van der Waals surface area contributed by atoms with E-state index in [4.69, 9.17) is 18.9 Å². The maximum atomic E-state index is 14.0. The number of hydrogen-bond acceptors (Lipinski definition) is 13. The third-order valence-corrected chi connectivity index (χ3v) is 11.3. The molecule has 2 aromatic heterocycles. The lowest BCUT2D eigenvalue weighted by atomic mass is 9.83. The minimum atomic E-state index is -1.20. The Balaban J connectivity index is 1.35. The third-order valence-electron chi connectivity index (χ3n) is 11.3. The summed E-state index contributed by atoms with van der Waals surface area (Å²) in [5, 5.41) is 23.3. The Hall–Kier alpha value is -3.76. The van der Waals surface area contributed by atoms with Gasteiger partial charge in [0, 0.05) is 43.8 Å². The van der Waals surface area contributed by atoms with Gasteiger partial charge in [-0.3, -0.25) is 24.2 Å². The van der Waals surface area contributed by atoms with Crippen molar-refractivity contribution in [2.45, 2.75) is 135 Å². The van der Waals surface area contributed by atoms with E-state index in [1.807, 2.05) is 84.1 Å². The van der Waals surface area contributed by atoms with E-state index in [1.54, 1.807) is 22.7 Å². The van der Waals surface area contributed by atoms with Crippen molar-refractivity contribution in [2.75, 3.05) is 27.2 Å². The number of cyclic esters (lactones) is 1. The zero-order valence-corrected chi connectivity index (χ0v) is 33.2. The molecule has 0 spiro atoms. The first kappa shape index (κ1) is 41.4. The molecule has 5 heterocycles. The molecule has 5 rings (SSSR count). The first-order valence-electron chi connectivity index (χ1n) is 19.3. The van der Waals surface area contributed by atoms with Gasteiger partial charge in [-0.2, -0.15) is 0 Å². The largest absolute Gasteiger partial charge is 0.458 e. The average molecular weight is 754 g/mol. The number of unbranched alkanes of at least 4 members (excludes halogenated alkanes) is 1. The normalized spacial score (nSPS) is 35.2. The quantitative estimate of drug-likeness (QED) is 0.156. The highest BCUT2D eigenvalue weighted by Crippen LogP contribution is 2.39. The summed E-state index contributed by atoms with van der Waals surface area (Å²) < 4.78 is 26.6. The summed E-state index contributed by atoms with van der Waals surface area (Å²) in [5.41, 5.74) is 0.978. The number of aryl methyl sites for hydroxylation is 1. The Bertz CT molecular complexity index is 1620. The van der Waals surface area contributed by atoms with Crippen molar-refractivity contribution in [1.82, 2.24) is 35.1 Å². The Morgan fingerprint density at radius 1 is 1.09 bits per heavy atom. The second-order valence-electron chi connectivity index (χ2n) is 15.5. The number of pyridine rings is 1. The second kappa shape index (κ2) is 17.8. The molecular formula is C39H59N7O8. The summed E-state index contributed by atoms with van der Waals surface area (Å²) >= 11 is 0. The number of carbonyl (C=O) groups is 3. The summed E-state index contributed by atoms with van der Waals surface area (Å²) in [4.78, 5) is 49.4. The molecule has 0 saturated carbocycles. The number of esters is 1. The number of nitrogens with one attached hydrogen (secondary N) is 1. The van der Waals surface area contributed by atoms with Gasteiger partial charge in [-0.1, -0.05) is 31.2 Å². The van der Waals surface area contributed by atoms with Crippen molar-refractivity contribution in [3.63, 3.8) is 0 Å². The van der Waals surface area contributed by atoms with E-state index in [1.165, 1.54) is 6.92 Å². The summed E-state index contributed by atoms with van der Waals surface area (Å²) in [5.74, 6) is -2.95. The molecule has 0 aliphatic carbocycles. The molecule has 0 aromatic carbocycles. The number of carbonyl (C=O) groups excluding carboxylic acids is 3. The Morgan fingerprint density at radius 2 is 1.83 bits per heavy atom. The van der Waals surface area contributed by atoms with Crippen LogP contribution >= 0.6 is 0 Å². The Kier molecular flexibility index (Phi) is 13.6. The fraction of sp³-hybridized carbons (Fsp3) is 0.692. The highest BCUT2D eigenvalue weighted by Gasteiger charge is 2.58. The van der Waals surface area contributed by atoms with Gasteiger partial charge >= 0.3 is 12.1 Å². The molecular weight excluding hydrogens is 694 g/mol. The van der Waals surface area contributed by atoms with Crippen molar-refractivity contribution < 1.29 is 38.4 Å². The van der Waals surface area contributed by atoms with Crippen molar-refractivity contribution in [2.24, 2.45) is 11.8 Å². The molecule has 2 saturated heterocycles. The number of aliphatic hydroxyl groups is 1. The average Bonchev–Trinajstić information content (AvgIpc) is 3.72. The topological polar surface area (TPSA) is 170 Å². The number of rotatable bonds is 10. The van der Waals surface area contributed by atoms with Crippen LogP contribution in [0.4, 0.5) is 4.79 Å². The highest BCUT2D eigenvalue weighted by molar-refractivity contribution is 6.00. The maximum Gasteiger partial charge on any atom is 0.410 e. The SMILES string of the molecule is CC[C@H]1OC(=O)[C@H](C)C(=O)[C@H](C)[C@@H](O[C@@H]2O[C@H](C)CC(N(C)C)C2O)/C(C)=C/CN[C@H](C)[C@H]2N(CCCCn3cc(-c4ccccn4)nn3)C(=O)O[C@]12C. The lowest BCUT2D eigenvalue weighted by Crippen LogP contribution is -2.60. The van der Waals surface area contributed by atoms with Crippen LogP contribution in [-0.4, -0.2) is 134 Å². The van der Waals surface area contributed by atoms with Gasteiger partial charge in [0.1, 0.15) is 23.8 Å². The molecule has 0 radical (unpaired) electrons. The summed E-state index contributed by atoms with van der Waals surface area (Å²) in [6.07, 6.45) is 3.70. The van der Waals surface area contributed by atoms with Crippen molar-refractivity contribution in [3.8, 4) is 11.4 Å². The van der Waals surface area contributed by atoms with Crippen LogP contribution in [0.3, 0.4) is 0 Å². The summed E-state index contributed by atoms with van der Waals surface area (Å²) in [6.45, 7) is 14.2. The number of fused-ring (bicyclic) bond motifs is 1. The van der Waals surface area contributed by atoms with Crippen LogP contribution in [0.25, 0.3) is 11.4 Å². The van der Waals surface area contributed by atoms with Gasteiger partial charge in [-0.05, 0) is 92.1 Å². The second-order valence-corrected chi connectivity index (χ2v) is 15.5. The van der Waals surface area contributed by atoms with Crippen LogP contribution in [-0.2, 0) is 35.1 Å². The van der Waals surface area contributed by atoms with Crippen molar-refractivity contribution in [1.29, 1.82) is 0 Å². The molecule has 2 unspecified atom stereocenters. The number of hydrogen-bond donors (Lipinski definition) is 2. The van der Waals surface area contributed by atoms with Gasteiger partial charge in [0.2, 0.25) is 0 Å². The van der Waals surface area contributed by atoms with E-state index in [9.17, 15) is 19.5 Å². The van der Waals surface area contributed by atoms with Gasteiger partial charge in [-0.15, -0.1) is 5.10 Å². The van der Waals surface area contributed by atoms with Gasteiger partial charge < -0.3 is 34.3 Å². The molecule has 1 amide bonds. The zero-order valence-electron chi connectivity index (χ0n) is 33.2. The summed E-state index contributed by atoms with van der Waals surface area (Å²) in [6, 6.07) is 4.64. The Labute approximate surface area is 318 Å². The molecule has 11 atom stereocenters. The van der Waals surface area contributed by atoms with Crippen LogP contribution < -0.4 is 5.32 Å². The number of Topliss-reactive ketones (excluding diaryl/α,β-unsaturated/α-hetero) is 1. The molecule has 298 valence electrons. The number of nitrogens with zero attached hydrogens (tertiary/aromatic N) is 6. The number of likely N-dealkylation sites (N-methyl/N-ethyl adjacent to an activating group) is 1. The predicted molar refractivity (Wildman–Crippen MR) is 200 cm³/mol. The Morgan fingerprint density at radius 3 is 2.52 bits per heavy atom. The molecule has 3 aliphatic heterocycles. The standard InChI is InChI=1S/C39H59N7O8/c1-10-31-39(7)35(46(38(50)54-39)20-14-13-19-45-22-29(42-43-45)28-15-11-12-17-41-28)27(6)40-18-16-23(2)34(25(4)32(47)26(5)36(49)52-31)53-37-33(48)30(44(8)9)21-24(3)51-37/h11-12,15-17,22,24-27,30-31,33-35,37,40,48H,10,13-14,18-21H2,1-9H3/b23-16+/t24-,25+,26-,27-,30?,31-,33?,34+,35-,37+,39-/m1/s1. The number of ketones is 1. The molecule has 2 aromatic rings. The number of aromatic nitrogens is 4. The predicted octanol–water partition coefficient (Wildman–Crippen LogP) is 3.61. The van der Waals surface area contributed by atoms with E-state index < -0.39 is 60.1 Å². The highest BCUT2D eigenvalue weighted by atomic mass is 16.7. The maximum absolute atomic E-state index is 14.0. The number of ether oxygens (including phenoxy) is 4. The molecule has 2 fully saturated rings. The lowest BCUT2D eigenvalue weighted by molar-refractivity contribution is -0.267. The molecule has 0 bridgehead atoms. The first-order chi connectivity index (χ1) is 25.7. The fourth-order valence-corrected chi connectivity index (χ4v) is 8.14. The molecule has 2 N–H and O–H groups in total. The van der Waals surface area contributed by atoms with E-state index in [0.717, 1.165) is 17.7 Å². The number of aliphatic hydroxyl groups excluding tert-OH is 1. The van der Waals surface area contributed by atoms with Gasteiger partial charge in [-0.25, -0.2) is 4.79 Å². The van der Waals surface area contributed by atoms with Crippen LogP contribution in [0.5, 0.6) is 0 Å². The van der Waals surface area contributed by atoms with Crippen LogP contribution in [0.2, 0.25) is 0 Å². The minimum absolute atomic E-state index is 0.178. The molecule has 3 aliphatic rings. The molecule has 15 heteroatoms. The van der Waals surface area contributed by atoms with Crippen LogP contribution in [0.1, 0.15) is 74.1 Å². The number of amides is 1. The van der Waals surface area contributed by atoms with E-state index in [0.29, 0.717) is 44.6 Å².